The lowest BCUT2D eigenvalue weighted by molar-refractivity contribution is 0.271. The zero-order valence-corrected chi connectivity index (χ0v) is 13.5. The van der Waals surface area contributed by atoms with Crippen LogP contribution in [0.4, 0.5) is 0 Å². The first-order chi connectivity index (χ1) is 10.7. The van der Waals surface area contributed by atoms with Gasteiger partial charge in [-0.2, -0.15) is 0 Å². The highest BCUT2D eigenvalue weighted by atomic mass is 16.5. The minimum Gasteiger partial charge on any atom is -0.493 e. The van der Waals surface area contributed by atoms with Crippen molar-refractivity contribution in [3.05, 3.63) is 60.2 Å². The third-order valence-corrected chi connectivity index (χ3v) is 3.86. The zero-order chi connectivity index (χ0) is 15.4. The summed E-state index contributed by atoms with van der Waals surface area (Å²) in [6.07, 6.45) is 7.31. The van der Waals surface area contributed by atoms with E-state index in [2.05, 4.69) is 68.5 Å². The molecule has 0 unspecified atom stereocenters. The molecule has 0 N–H and O–H groups in total. The smallest absolute Gasteiger partial charge is 0.119 e. The summed E-state index contributed by atoms with van der Waals surface area (Å²) < 4.78 is 5.86. The van der Waals surface area contributed by atoms with Gasteiger partial charge in [0.25, 0.3) is 0 Å². The van der Waals surface area contributed by atoms with Crippen molar-refractivity contribution in [1.29, 1.82) is 0 Å². The fraction of sp³-hybridized carbons (Fsp3) is 0.333. The van der Waals surface area contributed by atoms with Gasteiger partial charge in [-0.1, -0.05) is 62.4 Å². The maximum absolute atomic E-state index is 5.86. The summed E-state index contributed by atoms with van der Waals surface area (Å²) in [5, 5.41) is 0. The molecule has 0 spiro atoms. The number of benzene rings is 2. The fourth-order valence-corrected chi connectivity index (χ4v) is 2.45. The molecule has 0 atom stereocenters. The molecule has 1 aliphatic carbocycles. The SMILES string of the molecule is CC(C)COc1cccc(-c2ccccc2/C=C/C2CC2)c1. The molecule has 0 heterocycles. The molecule has 1 heteroatoms. The quantitative estimate of drug-likeness (QED) is 0.652. The number of ether oxygens (including phenoxy) is 1. The normalized spacial score (nSPS) is 14.7. The van der Waals surface area contributed by atoms with Crippen LogP contribution in [-0.4, -0.2) is 6.61 Å². The van der Waals surface area contributed by atoms with E-state index in [0.717, 1.165) is 18.3 Å². The van der Waals surface area contributed by atoms with Crippen LogP contribution in [0.5, 0.6) is 5.75 Å². The van der Waals surface area contributed by atoms with Crippen molar-refractivity contribution in [3.8, 4) is 16.9 Å². The van der Waals surface area contributed by atoms with Crippen molar-refractivity contribution in [2.24, 2.45) is 11.8 Å². The van der Waals surface area contributed by atoms with Gasteiger partial charge in [-0.3, -0.25) is 0 Å². The highest BCUT2D eigenvalue weighted by Gasteiger charge is 2.17. The lowest BCUT2D eigenvalue weighted by Gasteiger charge is -2.11. The van der Waals surface area contributed by atoms with Gasteiger partial charge >= 0.3 is 0 Å². The summed E-state index contributed by atoms with van der Waals surface area (Å²) in [7, 11) is 0. The van der Waals surface area contributed by atoms with E-state index in [1.54, 1.807) is 0 Å². The van der Waals surface area contributed by atoms with Crippen LogP contribution < -0.4 is 4.74 Å². The summed E-state index contributed by atoms with van der Waals surface area (Å²) in [4.78, 5) is 0. The molecule has 2 aromatic carbocycles. The second kappa shape index (κ2) is 6.83. The summed E-state index contributed by atoms with van der Waals surface area (Å²) in [6, 6.07) is 17.0. The van der Waals surface area contributed by atoms with Gasteiger partial charge in [-0.15, -0.1) is 0 Å². The van der Waals surface area contributed by atoms with E-state index in [9.17, 15) is 0 Å². The molecule has 22 heavy (non-hydrogen) atoms. The lowest BCUT2D eigenvalue weighted by atomic mass is 9.99. The van der Waals surface area contributed by atoms with Crippen LogP contribution in [0, 0.1) is 11.8 Å². The Morgan fingerprint density at radius 1 is 1.09 bits per heavy atom. The minimum absolute atomic E-state index is 0.539. The van der Waals surface area contributed by atoms with Crippen molar-refractivity contribution in [2.75, 3.05) is 6.61 Å². The van der Waals surface area contributed by atoms with E-state index in [-0.39, 0.29) is 0 Å². The first kappa shape index (κ1) is 14.9. The van der Waals surface area contributed by atoms with E-state index < -0.39 is 0 Å². The third-order valence-electron chi connectivity index (χ3n) is 3.86. The van der Waals surface area contributed by atoms with Gasteiger partial charge in [-0.25, -0.2) is 0 Å². The Bertz CT molecular complexity index is 650. The van der Waals surface area contributed by atoms with Gasteiger partial charge in [-0.05, 0) is 53.5 Å². The third kappa shape index (κ3) is 4.00. The van der Waals surface area contributed by atoms with Crippen LogP contribution in [0.25, 0.3) is 17.2 Å². The summed E-state index contributed by atoms with van der Waals surface area (Å²) in [5.41, 5.74) is 3.78. The molecule has 2 aromatic rings. The van der Waals surface area contributed by atoms with E-state index in [4.69, 9.17) is 4.74 Å². The molecule has 114 valence electrons. The summed E-state index contributed by atoms with van der Waals surface area (Å²) in [5.74, 6) is 2.29. The van der Waals surface area contributed by atoms with Crippen LogP contribution in [0.3, 0.4) is 0 Å². The standard InChI is InChI=1S/C21H24O/c1-16(2)15-22-20-8-5-7-19(14-20)21-9-4-3-6-18(21)13-12-17-10-11-17/h3-9,12-14,16-17H,10-11,15H2,1-2H3/b13-12+. The predicted octanol–water partition coefficient (Wildman–Crippen LogP) is 5.81. The van der Waals surface area contributed by atoms with Crippen LogP contribution in [0.15, 0.2) is 54.6 Å². The number of allylic oxidation sites excluding steroid dienone is 1. The van der Waals surface area contributed by atoms with Gasteiger partial charge in [0.1, 0.15) is 5.75 Å². The Kier molecular flexibility index (Phi) is 4.62. The Morgan fingerprint density at radius 2 is 1.91 bits per heavy atom. The first-order valence-electron chi connectivity index (χ1n) is 8.23. The van der Waals surface area contributed by atoms with Gasteiger partial charge in [0.05, 0.1) is 6.61 Å². The van der Waals surface area contributed by atoms with Gasteiger partial charge in [0.15, 0.2) is 0 Å². The minimum atomic E-state index is 0.539. The molecule has 0 aliphatic heterocycles. The van der Waals surface area contributed by atoms with Crippen molar-refractivity contribution < 1.29 is 4.74 Å². The lowest BCUT2D eigenvalue weighted by Crippen LogP contribution is -2.04. The monoisotopic (exact) mass is 292 g/mol. The van der Waals surface area contributed by atoms with Crippen LogP contribution in [-0.2, 0) is 0 Å². The fourth-order valence-electron chi connectivity index (χ4n) is 2.45. The highest BCUT2D eigenvalue weighted by molar-refractivity contribution is 5.76. The number of rotatable bonds is 6. The molecule has 0 amide bonds. The Labute approximate surface area is 133 Å². The van der Waals surface area contributed by atoms with E-state index in [1.807, 2.05) is 6.07 Å². The molecule has 3 rings (SSSR count). The second-order valence-corrected chi connectivity index (χ2v) is 6.52. The largest absolute Gasteiger partial charge is 0.493 e. The molecular formula is C21H24O. The highest BCUT2D eigenvalue weighted by Crippen LogP contribution is 2.33. The summed E-state index contributed by atoms with van der Waals surface area (Å²) >= 11 is 0. The topological polar surface area (TPSA) is 9.23 Å². The van der Waals surface area contributed by atoms with Gasteiger partial charge in [0, 0.05) is 0 Å². The second-order valence-electron chi connectivity index (χ2n) is 6.52. The van der Waals surface area contributed by atoms with Gasteiger partial charge in [0.2, 0.25) is 0 Å². The van der Waals surface area contributed by atoms with Crippen LogP contribution >= 0.6 is 0 Å². The van der Waals surface area contributed by atoms with Gasteiger partial charge < -0.3 is 4.74 Å². The Hall–Kier alpha value is -2.02. The molecule has 1 nitrogen and oxygen atoms in total. The van der Waals surface area contributed by atoms with Crippen molar-refractivity contribution >= 4 is 6.08 Å². The maximum atomic E-state index is 5.86. The first-order valence-corrected chi connectivity index (χ1v) is 8.23. The molecule has 0 bridgehead atoms. The average molecular weight is 292 g/mol. The molecule has 0 radical (unpaired) electrons. The zero-order valence-electron chi connectivity index (χ0n) is 13.5. The van der Waals surface area contributed by atoms with E-state index in [0.29, 0.717) is 5.92 Å². The van der Waals surface area contributed by atoms with Crippen molar-refractivity contribution in [2.45, 2.75) is 26.7 Å². The van der Waals surface area contributed by atoms with Crippen molar-refractivity contribution in [3.63, 3.8) is 0 Å². The number of hydrogen-bond acceptors (Lipinski definition) is 1. The molecular weight excluding hydrogens is 268 g/mol. The maximum Gasteiger partial charge on any atom is 0.119 e. The number of hydrogen-bond donors (Lipinski definition) is 0. The molecule has 1 fully saturated rings. The summed E-state index contributed by atoms with van der Waals surface area (Å²) in [6.45, 7) is 5.09. The van der Waals surface area contributed by atoms with E-state index in [1.165, 1.54) is 29.5 Å². The molecule has 0 aromatic heterocycles. The molecule has 1 saturated carbocycles. The predicted molar refractivity (Wildman–Crippen MR) is 94.0 cm³/mol. The molecule has 1 aliphatic rings. The molecule has 0 saturated heterocycles. The van der Waals surface area contributed by atoms with Crippen molar-refractivity contribution in [1.82, 2.24) is 0 Å². The van der Waals surface area contributed by atoms with Crippen LogP contribution in [0.2, 0.25) is 0 Å². The van der Waals surface area contributed by atoms with Crippen LogP contribution in [0.1, 0.15) is 32.3 Å². The average Bonchev–Trinajstić information content (AvgIpc) is 3.36. The van der Waals surface area contributed by atoms with E-state index >= 15 is 0 Å². The Balaban J connectivity index is 1.85. The Morgan fingerprint density at radius 3 is 2.68 bits per heavy atom.